The molecule has 2 N–H and O–H groups in total. The van der Waals surface area contributed by atoms with Gasteiger partial charge < -0.3 is 18.8 Å². The molecule has 5 heterocycles. The molecule has 0 aliphatic carbocycles. The summed E-state index contributed by atoms with van der Waals surface area (Å²) in [6, 6.07) is 44.6. The van der Waals surface area contributed by atoms with Crippen LogP contribution < -0.4 is 0 Å². The highest BCUT2D eigenvalue weighted by atomic mass is 32.1. The Morgan fingerprint density at radius 2 is 1.36 bits per heavy atom. The SMILES string of the molecule is c1ccc2[nH]c(-c3[nH]c(-c4cc5ccccc5s4)c4c(-c5occ6ccccc56)c(-c5cc6ccccc6o5)ccc34)cc2c1. The van der Waals surface area contributed by atoms with Gasteiger partial charge in [-0.15, -0.1) is 11.3 Å². The maximum Gasteiger partial charge on any atom is 0.143 e. The molecule has 0 radical (unpaired) electrons. The van der Waals surface area contributed by atoms with E-state index >= 15 is 0 Å². The van der Waals surface area contributed by atoms with E-state index in [4.69, 9.17) is 8.83 Å². The van der Waals surface area contributed by atoms with Gasteiger partial charge >= 0.3 is 0 Å². The van der Waals surface area contributed by atoms with Gasteiger partial charge in [0, 0.05) is 53.7 Å². The summed E-state index contributed by atoms with van der Waals surface area (Å²) in [6.45, 7) is 0. The van der Waals surface area contributed by atoms with Crippen LogP contribution in [-0.2, 0) is 0 Å². The Labute approximate surface area is 261 Å². The van der Waals surface area contributed by atoms with Gasteiger partial charge in [-0.25, -0.2) is 0 Å². The molecule has 45 heavy (non-hydrogen) atoms. The molecule has 5 aromatic heterocycles. The number of thiophene rings is 1. The number of para-hydroxylation sites is 2. The topological polar surface area (TPSA) is 57.9 Å². The van der Waals surface area contributed by atoms with E-state index in [-0.39, 0.29) is 0 Å². The van der Waals surface area contributed by atoms with Gasteiger partial charge in [0.1, 0.15) is 17.1 Å². The molecule has 0 bridgehead atoms. The molecule has 0 unspecified atom stereocenters. The molecule has 0 amide bonds. The lowest BCUT2D eigenvalue weighted by Crippen LogP contribution is -1.86. The Hall–Kier alpha value is -5.78. The van der Waals surface area contributed by atoms with Crippen molar-refractivity contribution in [2.45, 2.75) is 0 Å². The molecule has 0 saturated heterocycles. The van der Waals surface area contributed by atoms with Crippen LogP contribution in [0.5, 0.6) is 0 Å². The fourth-order valence-corrected chi connectivity index (χ4v) is 7.85. The zero-order valence-corrected chi connectivity index (χ0v) is 24.7. The maximum absolute atomic E-state index is 6.52. The number of nitrogens with one attached hydrogen (secondary N) is 2. The predicted molar refractivity (Wildman–Crippen MR) is 187 cm³/mol. The molecule has 5 aromatic carbocycles. The standard InChI is InChI=1S/C40H24N2O2S/c1-5-13-27-26(12-1)22-43-40(27)37-28(33-20-24-10-3-7-15-32(24)44-33)17-18-29-36(37)39(35-21-25-11-4-8-16-34(25)45-35)42-38(29)31-19-23-9-2-6-14-30(23)41-31/h1-22,41-42H. The largest absolute Gasteiger partial charge is 0.463 e. The highest BCUT2D eigenvalue weighted by Gasteiger charge is 2.26. The number of aromatic nitrogens is 2. The fourth-order valence-electron chi connectivity index (χ4n) is 6.78. The molecule has 10 rings (SSSR count). The van der Waals surface area contributed by atoms with Crippen molar-refractivity contribution >= 4 is 64.8 Å². The van der Waals surface area contributed by atoms with Gasteiger partial charge in [-0.3, -0.25) is 0 Å². The van der Waals surface area contributed by atoms with Crippen LogP contribution in [0.2, 0.25) is 0 Å². The molecule has 0 aliphatic rings. The minimum Gasteiger partial charge on any atom is -0.463 e. The Balaban J connectivity index is 1.36. The smallest absolute Gasteiger partial charge is 0.143 e. The van der Waals surface area contributed by atoms with E-state index in [0.29, 0.717) is 0 Å². The third-order valence-corrected chi connectivity index (χ3v) is 10.0. The lowest BCUT2D eigenvalue weighted by molar-refractivity contribution is 0.587. The molecule has 10 aromatic rings. The number of aromatic amines is 2. The van der Waals surface area contributed by atoms with Gasteiger partial charge in [-0.05, 0) is 47.9 Å². The van der Waals surface area contributed by atoms with Crippen LogP contribution in [0.4, 0.5) is 0 Å². The zero-order chi connectivity index (χ0) is 29.5. The monoisotopic (exact) mass is 596 g/mol. The van der Waals surface area contributed by atoms with E-state index in [1.165, 1.54) is 20.3 Å². The van der Waals surface area contributed by atoms with E-state index in [0.717, 1.165) is 77.8 Å². The fraction of sp³-hybridized carbons (Fsp3) is 0. The first-order valence-electron chi connectivity index (χ1n) is 15.0. The summed E-state index contributed by atoms with van der Waals surface area (Å²) in [5.41, 5.74) is 7.12. The third kappa shape index (κ3) is 3.71. The lowest BCUT2D eigenvalue weighted by atomic mass is 9.93. The number of H-pyrrole nitrogens is 2. The van der Waals surface area contributed by atoms with E-state index in [2.05, 4.69) is 119 Å². The van der Waals surface area contributed by atoms with Crippen molar-refractivity contribution in [3.05, 3.63) is 134 Å². The average Bonchev–Trinajstić information content (AvgIpc) is 3.91. The Morgan fingerprint density at radius 1 is 0.578 bits per heavy atom. The first-order chi connectivity index (χ1) is 22.3. The molecule has 0 spiro atoms. The van der Waals surface area contributed by atoms with Crippen molar-refractivity contribution in [3.8, 4) is 44.6 Å². The van der Waals surface area contributed by atoms with Crippen LogP contribution in [0.25, 0.3) is 98.1 Å². The lowest BCUT2D eigenvalue weighted by Gasteiger charge is -2.10. The number of hydrogen-bond donors (Lipinski definition) is 2. The summed E-state index contributed by atoms with van der Waals surface area (Å²) < 4.78 is 14.3. The minimum atomic E-state index is 0.809. The molecule has 4 nitrogen and oxygen atoms in total. The molecule has 0 aliphatic heterocycles. The van der Waals surface area contributed by atoms with E-state index in [1.807, 2.05) is 24.5 Å². The number of hydrogen-bond acceptors (Lipinski definition) is 3. The first-order valence-corrected chi connectivity index (χ1v) is 15.8. The second-order valence-electron chi connectivity index (χ2n) is 11.5. The molecule has 5 heteroatoms. The van der Waals surface area contributed by atoms with Crippen molar-refractivity contribution in [2.24, 2.45) is 0 Å². The Morgan fingerprint density at radius 3 is 2.22 bits per heavy atom. The van der Waals surface area contributed by atoms with Gasteiger partial charge in [0.05, 0.1) is 28.2 Å². The van der Waals surface area contributed by atoms with Crippen LogP contribution in [-0.4, -0.2) is 9.97 Å². The van der Waals surface area contributed by atoms with Crippen molar-refractivity contribution in [1.82, 2.24) is 9.97 Å². The van der Waals surface area contributed by atoms with E-state index in [9.17, 15) is 0 Å². The van der Waals surface area contributed by atoms with Crippen LogP contribution in [0, 0.1) is 0 Å². The normalized spacial score (nSPS) is 12.0. The average molecular weight is 597 g/mol. The molecule has 0 atom stereocenters. The van der Waals surface area contributed by atoms with Crippen molar-refractivity contribution in [3.63, 3.8) is 0 Å². The molecule has 212 valence electrons. The summed E-state index contributed by atoms with van der Waals surface area (Å²) in [7, 11) is 0. The van der Waals surface area contributed by atoms with Crippen LogP contribution in [0.15, 0.2) is 142 Å². The van der Waals surface area contributed by atoms with Crippen molar-refractivity contribution in [1.29, 1.82) is 0 Å². The van der Waals surface area contributed by atoms with Gasteiger partial charge in [0.15, 0.2) is 0 Å². The highest BCUT2D eigenvalue weighted by Crippen LogP contribution is 2.50. The minimum absolute atomic E-state index is 0.809. The van der Waals surface area contributed by atoms with Crippen molar-refractivity contribution in [2.75, 3.05) is 0 Å². The Kier molecular flexibility index (Phi) is 5.12. The summed E-state index contributed by atoms with van der Waals surface area (Å²) >= 11 is 1.80. The van der Waals surface area contributed by atoms with E-state index < -0.39 is 0 Å². The number of fused-ring (bicyclic) bond motifs is 5. The summed E-state index contributed by atoms with van der Waals surface area (Å²) in [5, 5.41) is 7.83. The second kappa shape index (κ2) is 9.36. The van der Waals surface area contributed by atoms with Crippen LogP contribution >= 0.6 is 11.3 Å². The third-order valence-electron chi connectivity index (χ3n) is 8.87. The number of rotatable bonds is 4. The summed E-state index contributed by atoms with van der Waals surface area (Å²) in [6.07, 6.45) is 1.86. The molecule has 0 fully saturated rings. The summed E-state index contributed by atoms with van der Waals surface area (Å²) in [5.74, 6) is 1.64. The van der Waals surface area contributed by atoms with Crippen molar-refractivity contribution < 1.29 is 8.83 Å². The predicted octanol–water partition coefficient (Wildman–Crippen LogP) is 12.0. The quantitative estimate of drug-likeness (QED) is 0.212. The Bertz CT molecular complexity index is 2630. The molecule has 0 saturated carbocycles. The molecular weight excluding hydrogens is 573 g/mol. The highest BCUT2D eigenvalue weighted by molar-refractivity contribution is 7.22. The van der Waals surface area contributed by atoms with Gasteiger partial charge in [-0.2, -0.15) is 0 Å². The van der Waals surface area contributed by atoms with Crippen LogP contribution in [0.3, 0.4) is 0 Å². The summed E-state index contributed by atoms with van der Waals surface area (Å²) in [4.78, 5) is 8.75. The van der Waals surface area contributed by atoms with Gasteiger partial charge in [-0.1, -0.05) is 84.9 Å². The van der Waals surface area contributed by atoms with Crippen LogP contribution in [0.1, 0.15) is 0 Å². The second-order valence-corrected chi connectivity index (χ2v) is 12.6. The maximum atomic E-state index is 6.52. The number of furan rings is 2. The zero-order valence-electron chi connectivity index (χ0n) is 23.9. The van der Waals surface area contributed by atoms with Gasteiger partial charge in [0.2, 0.25) is 0 Å². The molecular formula is C40H24N2O2S. The number of benzene rings is 5. The van der Waals surface area contributed by atoms with E-state index in [1.54, 1.807) is 11.3 Å². The first kappa shape index (κ1) is 24.6. The van der Waals surface area contributed by atoms with Gasteiger partial charge in [0.25, 0.3) is 0 Å².